The first-order valence-corrected chi connectivity index (χ1v) is 5.90. The van der Waals surface area contributed by atoms with Crippen LogP contribution in [0.15, 0.2) is 18.5 Å². The Bertz CT molecular complexity index is 619. The smallest absolute Gasteiger partial charge is 0.339 e. The summed E-state index contributed by atoms with van der Waals surface area (Å²) >= 11 is 0. The molecule has 0 aliphatic heterocycles. The summed E-state index contributed by atoms with van der Waals surface area (Å²) in [5.74, 6) is -0.988. The summed E-state index contributed by atoms with van der Waals surface area (Å²) < 4.78 is 1.74. The average Bonchev–Trinajstić information content (AvgIpc) is 2.65. The van der Waals surface area contributed by atoms with Crippen molar-refractivity contribution < 1.29 is 9.90 Å². The minimum atomic E-state index is -0.988. The molecule has 2 N–H and O–H groups in total. The van der Waals surface area contributed by atoms with E-state index in [2.05, 4.69) is 15.4 Å². The summed E-state index contributed by atoms with van der Waals surface area (Å²) in [5, 5.41) is 16.5. The third-order valence-electron chi connectivity index (χ3n) is 2.86. The summed E-state index contributed by atoms with van der Waals surface area (Å²) in [7, 11) is 1.86. The number of aromatic carboxylic acids is 1. The number of pyridine rings is 1. The molecule has 0 amide bonds. The van der Waals surface area contributed by atoms with Gasteiger partial charge in [-0.2, -0.15) is 5.10 Å². The van der Waals surface area contributed by atoms with Gasteiger partial charge in [0.2, 0.25) is 0 Å². The zero-order valence-corrected chi connectivity index (χ0v) is 11.1. The van der Waals surface area contributed by atoms with Crippen molar-refractivity contribution in [2.75, 3.05) is 5.32 Å². The molecule has 0 saturated heterocycles. The Labute approximate surface area is 111 Å². The van der Waals surface area contributed by atoms with Crippen LogP contribution in [-0.2, 0) is 13.6 Å². The summed E-state index contributed by atoms with van der Waals surface area (Å²) in [6.45, 7) is 4.28. The number of anilines is 1. The standard InChI is InChI=1S/C13H16N4O2/c1-8-4-12(11(6-14-8)13(18)19)15-5-10-7-17(3)16-9(10)2/h4,6-7H,5H2,1-3H3,(H,14,15)(H,18,19). The van der Waals surface area contributed by atoms with Gasteiger partial charge in [0.15, 0.2) is 0 Å². The van der Waals surface area contributed by atoms with Gasteiger partial charge in [0.1, 0.15) is 5.56 Å². The SMILES string of the molecule is Cc1cc(NCc2cn(C)nc2C)c(C(=O)O)cn1. The summed E-state index contributed by atoms with van der Waals surface area (Å²) in [5.41, 5.74) is 3.48. The Morgan fingerprint density at radius 3 is 2.79 bits per heavy atom. The highest BCUT2D eigenvalue weighted by Crippen LogP contribution is 2.17. The molecular formula is C13H16N4O2. The lowest BCUT2D eigenvalue weighted by Crippen LogP contribution is -2.08. The van der Waals surface area contributed by atoms with Crippen molar-refractivity contribution in [3.8, 4) is 0 Å². The van der Waals surface area contributed by atoms with Crippen LogP contribution >= 0.6 is 0 Å². The monoisotopic (exact) mass is 260 g/mol. The molecule has 2 heterocycles. The van der Waals surface area contributed by atoms with Crippen molar-refractivity contribution in [3.05, 3.63) is 41.0 Å². The van der Waals surface area contributed by atoms with Crippen LogP contribution in [0, 0.1) is 13.8 Å². The first-order chi connectivity index (χ1) is 8.97. The lowest BCUT2D eigenvalue weighted by molar-refractivity contribution is 0.0697. The molecule has 0 unspecified atom stereocenters. The summed E-state index contributed by atoms with van der Waals surface area (Å²) in [6.07, 6.45) is 3.28. The number of aromatic nitrogens is 3. The molecule has 2 aromatic rings. The van der Waals surface area contributed by atoms with Crippen LogP contribution < -0.4 is 5.32 Å². The Morgan fingerprint density at radius 2 is 2.21 bits per heavy atom. The molecule has 6 heteroatoms. The highest BCUT2D eigenvalue weighted by Gasteiger charge is 2.11. The van der Waals surface area contributed by atoms with E-state index in [0.717, 1.165) is 17.0 Å². The number of nitrogens with one attached hydrogen (secondary N) is 1. The second-order valence-corrected chi connectivity index (χ2v) is 4.44. The van der Waals surface area contributed by atoms with E-state index < -0.39 is 5.97 Å². The van der Waals surface area contributed by atoms with Crippen LogP contribution in [0.3, 0.4) is 0 Å². The number of hydrogen-bond acceptors (Lipinski definition) is 4. The van der Waals surface area contributed by atoms with Crippen molar-refractivity contribution in [1.29, 1.82) is 0 Å². The Hall–Kier alpha value is -2.37. The molecule has 2 rings (SSSR count). The van der Waals surface area contributed by atoms with Crippen molar-refractivity contribution in [3.63, 3.8) is 0 Å². The lowest BCUT2D eigenvalue weighted by atomic mass is 10.2. The second-order valence-electron chi connectivity index (χ2n) is 4.44. The number of hydrogen-bond donors (Lipinski definition) is 2. The van der Waals surface area contributed by atoms with E-state index in [1.165, 1.54) is 6.20 Å². The molecule has 6 nitrogen and oxygen atoms in total. The van der Waals surface area contributed by atoms with Crippen molar-refractivity contribution in [2.45, 2.75) is 20.4 Å². The van der Waals surface area contributed by atoms with Crippen molar-refractivity contribution >= 4 is 11.7 Å². The van der Waals surface area contributed by atoms with Gasteiger partial charge in [-0.3, -0.25) is 9.67 Å². The molecule has 0 saturated carbocycles. The lowest BCUT2D eigenvalue weighted by Gasteiger charge is -2.09. The highest BCUT2D eigenvalue weighted by atomic mass is 16.4. The minimum Gasteiger partial charge on any atom is -0.478 e. The van der Waals surface area contributed by atoms with Gasteiger partial charge in [-0.1, -0.05) is 0 Å². The van der Waals surface area contributed by atoms with Crippen LogP contribution in [0.2, 0.25) is 0 Å². The molecular weight excluding hydrogens is 244 g/mol. The second kappa shape index (κ2) is 5.09. The van der Waals surface area contributed by atoms with Gasteiger partial charge < -0.3 is 10.4 Å². The number of rotatable bonds is 4. The van der Waals surface area contributed by atoms with E-state index in [1.54, 1.807) is 10.7 Å². The molecule has 2 aromatic heterocycles. The van der Waals surface area contributed by atoms with Gasteiger partial charge in [0.05, 0.1) is 11.4 Å². The zero-order chi connectivity index (χ0) is 14.0. The molecule has 0 aliphatic rings. The Kier molecular flexibility index (Phi) is 3.50. The number of aryl methyl sites for hydroxylation is 3. The van der Waals surface area contributed by atoms with Crippen LogP contribution in [0.5, 0.6) is 0 Å². The normalized spacial score (nSPS) is 10.5. The Balaban J connectivity index is 2.21. The van der Waals surface area contributed by atoms with Crippen LogP contribution in [0.4, 0.5) is 5.69 Å². The quantitative estimate of drug-likeness (QED) is 0.875. The highest BCUT2D eigenvalue weighted by molar-refractivity contribution is 5.93. The van der Waals surface area contributed by atoms with Gasteiger partial charge in [-0.25, -0.2) is 4.79 Å². The predicted molar refractivity (Wildman–Crippen MR) is 71.2 cm³/mol. The zero-order valence-electron chi connectivity index (χ0n) is 11.1. The molecule has 0 spiro atoms. The van der Waals surface area contributed by atoms with Crippen LogP contribution in [-0.4, -0.2) is 25.8 Å². The maximum Gasteiger partial charge on any atom is 0.339 e. The number of nitrogens with zero attached hydrogens (tertiary/aromatic N) is 3. The fraction of sp³-hybridized carbons (Fsp3) is 0.308. The molecule has 0 bridgehead atoms. The molecule has 0 fully saturated rings. The molecule has 0 radical (unpaired) electrons. The van der Waals surface area contributed by atoms with E-state index in [-0.39, 0.29) is 5.56 Å². The van der Waals surface area contributed by atoms with Crippen LogP contribution in [0.25, 0.3) is 0 Å². The van der Waals surface area contributed by atoms with E-state index in [9.17, 15) is 4.79 Å². The summed E-state index contributed by atoms with van der Waals surface area (Å²) in [6, 6.07) is 1.73. The maximum atomic E-state index is 11.1. The number of carbonyl (C=O) groups is 1. The summed E-state index contributed by atoms with van der Waals surface area (Å²) in [4.78, 5) is 15.1. The Morgan fingerprint density at radius 1 is 1.47 bits per heavy atom. The third kappa shape index (κ3) is 2.90. The largest absolute Gasteiger partial charge is 0.478 e. The number of carboxylic acids is 1. The minimum absolute atomic E-state index is 0.173. The first kappa shape index (κ1) is 13.1. The molecule has 100 valence electrons. The van der Waals surface area contributed by atoms with E-state index in [0.29, 0.717) is 12.2 Å². The maximum absolute atomic E-state index is 11.1. The van der Waals surface area contributed by atoms with Crippen molar-refractivity contribution in [1.82, 2.24) is 14.8 Å². The first-order valence-electron chi connectivity index (χ1n) is 5.90. The fourth-order valence-corrected chi connectivity index (χ4v) is 1.89. The molecule has 0 aliphatic carbocycles. The molecule has 19 heavy (non-hydrogen) atoms. The van der Waals surface area contributed by atoms with Gasteiger partial charge in [0.25, 0.3) is 0 Å². The van der Waals surface area contributed by atoms with Gasteiger partial charge >= 0.3 is 5.97 Å². The molecule has 0 atom stereocenters. The number of carboxylic acid groups (broad SMARTS) is 1. The topological polar surface area (TPSA) is 80.0 Å². The van der Waals surface area contributed by atoms with E-state index in [4.69, 9.17) is 5.11 Å². The molecule has 0 aromatic carbocycles. The van der Waals surface area contributed by atoms with Crippen LogP contribution in [0.1, 0.15) is 27.3 Å². The predicted octanol–water partition coefficient (Wildman–Crippen LogP) is 1.74. The van der Waals surface area contributed by atoms with Gasteiger partial charge in [-0.05, 0) is 19.9 Å². The third-order valence-corrected chi connectivity index (χ3v) is 2.86. The fourth-order valence-electron chi connectivity index (χ4n) is 1.89. The van der Waals surface area contributed by atoms with Crippen molar-refractivity contribution in [2.24, 2.45) is 7.05 Å². The van der Waals surface area contributed by atoms with E-state index in [1.807, 2.05) is 27.1 Å². The van der Waals surface area contributed by atoms with Gasteiger partial charge in [-0.15, -0.1) is 0 Å². The van der Waals surface area contributed by atoms with E-state index >= 15 is 0 Å². The average molecular weight is 260 g/mol. The van der Waals surface area contributed by atoms with Gasteiger partial charge in [0, 0.05) is 37.2 Å².